The maximum atomic E-state index is 12.2. The van der Waals surface area contributed by atoms with Crippen molar-refractivity contribution in [2.24, 2.45) is 7.05 Å². The fourth-order valence-electron chi connectivity index (χ4n) is 1.96. The van der Waals surface area contributed by atoms with Crippen LogP contribution in [0.15, 0.2) is 46.2 Å². The molecule has 0 spiro atoms. The molecule has 0 aliphatic carbocycles. The van der Waals surface area contributed by atoms with E-state index in [2.05, 4.69) is 5.32 Å². The monoisotopic (exact) mass is 352 g/mol. The fourth-order valence-corrected chi connectivity index (χ4v) is 3.15. The molecule has 0 radical (unpaired) electrons. The van der Waals surface area contributed by atoms with Gasteiger partial charge in [0.05, 0.1) is 16.5 Å². The second kappa shape index (κ2) is 7.10. The van der Waals surface area contributed by atoms with E-state index in [-0.39, 0.29) is 21.7 Å². The molecule has 1 aromatic heterocycles. The lowest BCUT2D eigenvalue weighted by atomic mass is 10.2. The van der Waals surface area contributed by atoms with Gasteiger partial charge in [0, 0.05) is 29.0 Å². The van der Waals surface area contributed by atoms with E-state index in [9.17, 15) is 13.8 Å². The number of nitrogens with one attached hydrogen (secondary N) is 1. The summed E-state index contributed by atoms with van der Waals surface area (Å²) in [6.45, 7) is 3.75. The maximum absolute atomic E-state index is 12.2. The number of nitrogens with zero attached hydrogens (tertiary/aromatic N) is 1. The highest BCUT2D eigenvalue weighted by molar-refractivity contribution is 7.85. The fraction of sp³-hybridized carbons (Fsp3) is 0.250. The van der Waals surface area contributed by atoms with Crippen molar-refractivity contribution in [3.05, 3.63) is 57.5 Å². The number of aryl methyl sites for hydroxylation is 1. The number of hydrogen-bond donors (Lipinski definition) is 1. The smallest absolute Gasteiger partial charge is 0.269 e. The van der Waals surface area contributed by atoms with Crippen LogP contribution in [0.5, 0.6) is 0 Å². The summed E-state index contributed by atoms with van der Waals surface area (Å²) in [4.78, 5) is 24.4. The minimum absolute atomic E-state index is 0.0161. The van der Waals surface area contributed by atoms with Crippen LogP contribution < -0.4 is 10.9 Å². The molecule has 5 nitrogen and oxygen atoms in total. The van der Waals surface area contributed by atoms with Gasteiger partial charge in [0.15, 0.2) is 0 Å². The summed E-state index contributed by atoms with van der Waals surface area (Å²) in [5.41, 5.74) is 0.529. The van der Waals surface area contributed by atoms with Crippen molar-refractivity contribution in [3.63, 3.8) is 0 Å². The molecular weight excluding hydrogens is 336 g/mol. The van der Waals surface area contributed by atoms with E-state index in [4.69, 9.17) is 11.6 Å². The van der Waals surface area contributed by atoms with Gasteiger partial charge < -0.3 is 9.88 Å². The van der Waals surface area contributed by atoms with Crippen LogP contribution >= 0.6 is 11.6 Å². The first kappa shape index (κ1) is 17.4. The molecule has 1 aromatic carbocycles. The summed E-state index contributed by atoms with van der Waals surface area (Å²) < 4.78 is 13.3. The first-order chi connectivity index (χ1) is 10.8. The van der Waals surface area contributed by atoms with Gasteiger partial charge in [-0.1, -0.05) is 25.4 Å². The van der Waals surface area contributed by atoms with Crippen LogP contribution in [0.4, 0.5) is 5.69 Å². The third-order valence-corrected chi connectivity index (χ3v) is 5.04. The maximum Gasteiger partial charge on any atom is 0.269 e. The number of aromatic nitrogens is 1. The highest BCUT2D eigenvalue weighted by Crippen LogP contribution is 2.15. The summed E-state index contributed by atoms with van der Waals surface area (Å²) in [6.07, 6.45) is 1.49. The van der Waals surface area contributed by atoms with Crippen molar-refractivity contribution in [2.45, 2.75) is 24.0 Å². The van der Waals surface area contributed by atoms with Crippen LogP contribution in [-0.4, -0.2) is 19.9 Å². The van der Waals surface area contributed by atoms with E-state index in [1.165, 1.54) is 16.8 Å². The van der Waals surface area contributed by atoms with E-state index in [0.717, 1.165) is 0 Å². The molecule has 122 valence electrons. The number of carbonyl (C=O) groups excluding carboxylic acids is 1. The van der Waals surface area contributed by atoms with Gasteiger partial charge >= 0.3 is 0 Å². The van der Waals surface area contributed by atoms with Crippen LogP contribution in [-0.2, 0) is 17.8 Å². The van der Waals surface area contributed by atoms with Crippen molar-refractivity contribution in [1.29, 1.82) is 0 Å². The van der Waals surface area contributed by atoms with Crippen LogP contribution in [0.1, 0.15) is 24.2 Å². The predicted octanol–water partition coefficient (Wildman–Crippen LogP) is 2.81. The van der Waals surface area contributed by atoms with Gasteiger partial charge in [-0.05, 0) is 30.3 Å². The summed E-state index contributed by atoms with van der Waals surface area (Å²) in [5, 5.41) is 2.73. The van der Waals surface area contributed by atoms with Crippen molar-refractivity contribution in [2.75, 3.05) is 5.32 Å². The molecule has 0 aliphatic heterocycles. The molecule has 0 fully saturated rings. The summed E-state index contributed by atoms with van der Waals surface area (Å²) in [7, 11) is 0.465. The lowest BCUT2D eigenvalue weighted by Crippen LogP contribution is -2.19. The molecule has 0 unspecified atom stereocenters. The molecule has 7 heteroatoms. The molecule has 23 heavy (non-hydrogen) atoms. The molecule has 1 N–H and O–H groups in total. The molecule has 1 amide bonds. The van der Waals surface area contributed by atoms with Crippen LogP contribution in [0.3, 0.4) is 0 Å². The van der Waals surface area contributed by atoms with Crippen molar-refractivity contribution >= 4 is 34.0 Å². The Morgan fingerprint density at radius 2 is 1.87 bits per heavy atom. The molecule has 1 heterocycles. The zero-order chi connectivity index (χ0) is 17.1. The number of hydrogen-bond acceptors (Lipinski definition) is 3. The Kier molecular flexibility index (Phi) is 5.38. The van der Waals surface area contributed by atoms with Gasteiger partial charge in [-0.3, -0.25) is 13.8 Å². The highest BCUT2D eigenvalue weighted by atomic mass is 35.5. The lowest BCUT2D eigenvalue weighted by molar-refractivity contribution is 0.102. The number of amides is 1. The number of rotatable bonds is 4. The molecule has 0 aliphatic rings. The summed E-state index contributed by atoms with van der Waals surface area (Å²) in [5.74, 6) is -0.332. The van der Waals surface area contributed by atoms with Crippen molar-refractivity contribution in [3.8, 4) is 0 Å². The van der Waals surface area contributed by atoms with Crippen molar-refractivity contribution < 1.29 is 9.00 Å². The Labute approximate surface area is 141 Å². The zero-order valence-electron chi connectivity index (χ0n) is 13.0. The van der Waals surface area contributed by atoms with Crippen molar-refractivity contribution in [1.82, 2.24) is 4.57 Å². The minimum Gasteiger partial charge on any atom is -0.321 e. The number of benzene rings is 1. The Morgan fingerprint density at radius 1 is 1.26 bits per heavy atom. The van der Waals surface area contributed by atoms with Gasteiger partial charge in [-0.15, -0.1) is 0 Å². The Morgan fingerprint density at radius 3 is 2.39 bits per heavy atom. The Bertz CT molecular complexity index is 787. The van der Waals surface area contributed by atoms with E-state index in [0.29, 0.717) is 16.1 Å². The normalized spacial score (nSPS) is 12.2. The zero-order valence-corrected chi connectivity index (χ0v) is 14.6. The number of carbonyl (C=O) groups is 1. The standard InChI is InChI=1S/C16H17ClN2O3S/c1-10(2)23(22)13-6-4-11(5-7-13)15(20)18-12-8-14(17)16(21)19(3)9-12/h4-10H,1-3H3,(H,18,20)/t23-/m0/s1. The highest BCUT2D eigenvalue weighted by Gasteiger charge is 2.11. The topological polar surface area (TPSA) is 68.2 Å². The van der Waals surface area contributed by atoms with Gasteiger partial charge in [0.1, 0.15) is 5.02 Å². The summed E-state index contributed by atoms with van der Waals surface area (Å²) >= 11 is 5.82. The van der Waals surface area contributed by atoms with E-state index < -0.39 is 10.8 Å². The first-order valence-electron chi connectivity index (χ1n) is 6.97. The minimum atomic E-state index is -1.09. The Balaban J connectivity index is 2.18. The molecule has 1 atom stereocenters. The molecule has 2 rings (SSSR count). The average molecular weight is 353 g/mol. The summed E-state index contributed by atoms with van der Waals surface area (Å²) in [6, 6.07) is 8.00. The number of pyridine rings is 1. The quantitative estimate of drug-likeness (QED) is 0.920. The lowest BCUT2D eigenvalue weighted by Gasteiger charge is -2.09. The second-order valence-electron chi connectivity index (χ2n) is 5.32. The third-order valence-electron chi connectivity index (χ3n) is 3.17. The largest absolute Gasteiger partial charge is 0.321 e. The average Bonchev–Trinajstić information content (AvgIpc) is 2.51. The first-order valence-corrected chi connectivity index (χ1v) is 8.57. The molecular formula is C16H17ClN2O3S. The number of anilines is 1. The van der Waals surface area contributed by atoms with Gasteiger partial charge in [0.2, 0.25) is 0 Å². The predicted molar refractivity (Wildman–Crippen MR) is 92.6 cm³/mol. The van der Waals surface area contributed by atoms with Gasteiger partial charge in [0.25, 0.3) is 11.5 Å². The molecule has 0 bridgehead atoms. The molecule has 0 saturated heterocycles. The van der Waals surface area contributed by atoms with Gasteiger partial charge in [-0.2, -0.15) is 0 Å². The number of halogens is 1. The molecule has 0 saturated carbocycles. The van der Waals surface area contributed by atoms with E-state index in [1.54, 1.807) is 31.3 Å². The van der Waals surface area contributed by atoms with Gasteiger partial charge in [-0.25, -0.2) is 0 Å². The Hall–Kier alpha value is -1.92. The van der Waals surface area contributed by atoms with E-state index >= 15 is 0 Å². The van der Waals surface area contributed by atoms with E-state index in [1.807, 2.05) is 13.8 Å². The van der Waals surface area contributed by atoms with Crippen LogP contribution in [0.2, 0.25) is 5.02 Å². The third kappa shape index (κ3) is 4.09. The van der Waals surface area contributed by atoms with Crippen LogP contribution in [0, 0.1) is 0 Å². The van der Waals surface area contributed by atoms with Crippen LogP contribution in [0.25, 0.3) is 0 Å². The SMILES string of the molecule is CC(C)[S@](=O)c1ccc(C(=O)Nc2cc(Cl)c(=O)n(C)c2)cc1. The molecule has 2 aromatic rings. The second-order valence-corrected chi connectivity index (χ2v) is 7.73.